The molecule has 9 rings (SSSR count). The van der Waals surface area contributed by atoms with Gasteiger partial charge in [-0.25, -0.2) is 0 Å². The first kappa shape index (κ1) is 29.5. The summed E-state index contributed by atoms with van der Waals surface area (Å²) in [4.78, 5) is 8.91. The Hall–Kier alpha value is -5.93. The first-order valence-electron chi connectivity index (χ1n) is 28.7. The van der Waals surface area contributed by atoms with Crippen molar-refractivity contribution in [1.29, 1.82) is 0 Å². The van der Waals surface area contributed by atoms with Gasteiger partial charge in [-0.15, -0.1) is 47.5 Å². The van der Waals surface area contributed by atoms with E-state index in [1.54, 1.807) is 75.5 Å². The summed E-state index contributed by atoms with van der Waals surface area (Å²) < 4.78 is 140. The smallest absolute Gasteiger partial charge is 0.120 e. The Bertz CT molecular complexity index is 3680. The van der Waals surface area contributed by atoms with E-state index >= 15 is 0 Å². The molecule has 1 radical (unpaired) electrons. The molecule has 0 spiro atoms. The Labute approximate surface area is 416 Å². The number of para-hydroxylation sites is 1. The molecule has 4 heteroatoms. The summed E-state index contributed by atoms with van der Waals surface area (Å²) in [5.74, 6) is 0. The molecule has 325 valence electrons. The van der Waals surface area contributed by atoms with Gasteiger partial charge in [-0.1, -0.05) is 168 Å². The molecule has 0 unspecified atom stereocenters. The third kappa shape index (κ3) is 10.5. The van der Waals surface area contributed by atoms with Crippen LogP contribution < -0.4 is 0 Å². The van der Waals surface area contributed by atoms with Crippen molar-refractivity contribution < 1.29 is 46.5 Å². The minimum atomic E-state index is -2.79. The van der Waals surface area contributed by atoms with Crippen LogP contribution in [0, 0.1) is 50.4 Å². The van der Waals surface area contributed by atoms with E-state index in [2.05, 4.69) is 22.1 Å². The van der Waals surface area contributed by atoms with E-state index in [4.69, 9.17) is 26.3 Å². The Balaban J connectivity index is 0.000000262. The molecule has 0 amide bonds. The summed E-state index contributed by atoms with van der Waals surface area (Å²) in [6.07, 6.45) is -0.515. The van der Waals surface area contributed by atoms with Gasteiger partial charge in [0.25, 0.3) is 0 Å². The largest absolute Gasteiger partial charge is 0.501 e. The molecule has 0 aliphatic heterocycles. The van der Waals surface area contributed by atoms with Crippen molar-refractivity contribution in [1.82, 2.24) is 9.97 Å². The second kappa shape index (κ2) is 19.0. The molecule has 0 aliphatic rings. The fourth-order valence-electron chi connectivity index (χ4n) is 7.48. The number of fused-ring (bicyclic) bond motifs is 3. The molecule has 6 aromatic carbocycles. The molecule has 0 fully saturated rings. The molecule has 0 aliphatic carbocycles. The zero-order valence-electron chi connectivity index (χ0n) is 52.5. The van der Waals surface area contributed by atoms with Gasteiger partial charge in [0, 0.05) is 59.8 Å². The Kier molecular flexibility index (Phi) is 8.78. The number of aromatic nitrogens is 2. The van der Waals surface area contributed by atoms with E-state index in [0.29, 0.717) is 50.2 Å². The van der Waals surface area contributed by atoms with Gasteiger partial charge in [-0.3, -0.25) is 0 Å². The van der Waals surface area contributed by atoms with Gasteiger partial charge in [0.15, 0.2) is 0 Å². The van der Waals surface area contributed by atoms with Crippen molar-refractivity contribution in [3.05, 3.63) is 191 Å². The molecule has 0 bridgehead atoms. The molecule has 0 atom stereocenters. The summed E-state index contributed by atoms with van der Waals surface area (Å²) in [6, 6.07) is 43.7. The predicted octanol–water partition coefficient (Wildman–Crippen LogP) is 16.4. The van der Waals surface area contributed by atoms with E-state index in [1.807, 2.05) is 81.4 Å². The minimum absolute atomic E-state index is 0. The molecular formula is C60H58IrN2O-2. The number of hydrogen-bond donors (Lipinski definition) is 0. The van der Waals surface area contributed by atoms with E-state index in [1.165, 1.54) is 30.5 Å². The van der Waals surface area contributed by atoms with Crippen molar-refractivity contribution in [3.8, 4) is 55.9 Å². The average Bonchev–Trinajstić information content (AvgIpc) is 3.76. The van der Waals surface area contributed by atoms with Gasteiger partial charge < -0.3 is 14.4 Å². The van der Waals surface area contributed by atoms with Crippen LogP contribution in [0.2, 0.25) is 0 Å². The zero-order chi connectivity index (χ0) is 58.1. The quantitative estimate of drug-likeness (QED) is 0.149. The van der Waals surface area contributed by atoms with Crippen LogP contribution in [-0.2, 0) is 32.9 Å². The molecule has 3 aromatic heterocycles. The van der Waals surface area contributed by atoms with E-state index in [-0.39, 0.29) is 64.7 Å². The molecule has 9 aromatic rings. The number of nitrogens with zero attached hydrogens (tertiary/aromatic N) is 2. The fraction of sp³-hybridized carbons (Fsp3) is 0.233. The SMILES string of the molecule is [2H]C([2H])([2H])c1c[c-]c(-c2ccc(C([2H])([2H])C(C)(C)C)cn2)cc1-c1ccccc1.[2H]C([2H])([2H])c1cc(-c2cc(-c3[c-]ccc4c3oc3ccccc34)ncc2C([2H])([2H])[2H])c(C([2H])([2H])[2H])cc1-c1ccc(C([2H])([2H])C(C)(C)C)cc1.[Ir]. The van der Waals surface area contributed by atoms with Gasteiger partial charge in [0.1, 0.15) is 5.58 Å². The number of rotatable bonds is 7. The zero-order valence-corrected chi connectivity index (χ0v) is 38.9. The van der Waals surface area contributed by atoms with Crippen molar-refractivity contribution >= 4 is 21.9 Å². The van der Waals surface area contributed by atoms with Gasteiger partial charge in [0.2, 0.25) is 0 Å². The first-order chi connectivity index (χ1) is 36.5. The number of benzene rings is 6. The third-order valence-electron chi connectivity index (χ3n) is 10.3. The van der Waals surface area contributed by atoms with Crippen LogP contribution in [0.5, 0.6) is 0 Å². The monoisotopic (exact) mass is 1030 g/mol. The standard InChI is InChI=1S/C37H34NO.C23H24N.Ir/c1-23-19-32(24(2)18-31(23)27-16-14-26(15-17-27)21-37(4,5)6)33-20-34(38-22-25(33)3)30-12-9-11-29-28-10-7-8-13-35(28)39-36(29)30;1-17-10-12-20(14-21(17)19-8-6-5-7-9-19)22-13-11-18(16-24-22)15-23(2,3)4;/h7-11,13-20,22H,21H2,1-6H3;5-11,13-14,16H,15H2,1-4H3;/q2*-1;/i1D3,2D3,3D3,21D2;1D3,15D2;. The third-order valence-corrected chi connectivity index (χ3v) is 10.3. The number of aryl methyl sites for hydroxylation is 4. The summed E-state index contributed by atoms with van der Waals surface area (Å²) in [5.41, 5.74) is 4.07. The maximum atomic E-state index is 8.64. The average molecular weight is 1030 g/mol. The maximum absolute atomic E-state index is 8.64. The van der Waals surface area contributed by atoms with Gasteiger partial charge >= 0.3 is 0 Å². The Morgan fingerprint density at radius 2 is 1.16 bits per heavy atom. The summed E-state index contributed by atoms with van der Waals surface area (Å²) in [6.45, 7) is 0.396. The van der Waals surface area contributed by atoms with Gasteiger partial charge in [-0.2, -0.15) is 0 Å². The molecular weight excluding hydrogens is 957 g/mol. The summed E-state index contributed by atoms with van der Waals surface area (Å²) in [7, 11) is 0. The Morgan fingerprint density at radius 3 is 1.86 bits per heavy atom. The fourth-order valence-corrected chi connectivity index (χ4v) is 7.48. The van der Waals surface area contributed by atoms with Crippen molar-refractivity contribution in [2.75, 3.05) is 0 Å². The molecule has 3 nitrogen and oxygen atoms in total. The number of furan rings is 1. The van der Waals surface area contributed by atoms with Crippen molar-refractivity contribution in [2.24, 2.45) is 10.8 Å². The van der Waals surface area contributed by atoms with Crippen LogP contribution in [0.4, 0.5) is 0 Å². The van der Waals surface area contributed by atoms with Crippen LogP contribution >= 0.6 is 0 Å². The van der Waals surface area contributed by atoms with Crippen molar-refractivity contribution in [2.45, 2.75) is 81.7 Å². The topological polar surface area (TPSA) is 38.9 Å². The number of pyridine rings is 2. The van der Waals surface area contributed by atoms with Crippen LogP contribution in [0.15, 0.2) is 150 Å². The summed E-state index contributed by atoms with van der Waals surface area (Å²) in [5, 5.41) is 1.65. The van der Waals surface area contributed by atoms with E-state index in [0.717, 1.165) is 16.3 Å². The number of hydrogen-bond acceptors (Lipinski definition) is 3. The van der Waals surface area contributed by atoms with Gasteiger partial charge in [-0.05, 0) is 117 Å². The summed E-state index contributed by atoms with van der Waals surface area (Å²) >= 11 is 0. The van der Waals surface area contributed by atoms with E-state index in [9.17, 15) is 0 Å². The normalized spacial score (nSPS) is 16.5. The van der Waals surface area contributed by atoms with Gasteiger partial charge in [0.05, 0.1) is 5.58 Å². The van der Waals surface area contributed by atoms with Crippen LogP contribution in [0.1, 0.15) is 96.9 Å². The van der Waals surface area contributed by atoms with Crippen LogP contribution in [0.25, 0.3) is 77.8 Å². The second-order valence-electron chi connectivity index (χ2n) is 17.6. The molecule has 0 N–H and O–H groups in total. The maximum Gasteiger partial charge on any atom is 0.120 e. The molecule has 3 heterocycles. The van der Waals surface area contributed by atoms with Crippen LogP contribution in [-0.4, -0.2) is 9.97 Å². The minimum Gasteiger partial charge on any atom is -0.501 e. The second-order valence-corrected chi connectivity index (χ2v) is 17.6. The van der Waals surface area contributed by atoms with Crippen LogP contribution in [0.3, 0.4) is 0 Å². The molecule has 0 saturated carbocycles. The molecule has 64 heavy (non-hydrogen) atoms. The first-order valence-corrected chi connectivity index (χ1v) is 20.7. The Morgan fingerprint density at radius 1 is 0.547 bits per heavy atom. The van der Waals surface area contributed by atoms with Crippen molar-refractivity contribution in [3.63, 3.8) is 0 Å². The van der Waals surface area contributed by atoms with E-state index < -0.39 is 51.0 Å². The molecule has 0 saturated heterocycles. The predicted molar refractivity (Wildman–Crippen MR) is 266 cm³/mol.